The molecule has 0 spiro atoms. The van der Waals surface area contributed by atoms with Crippen molar-refractivity contribution in [1.82, 2.24) is 15.1 Å². The summed E-state index contributed by atoms with van der Waals surface area (Å²) in [5, 5.41) is 18.0. The zero-order valence-corrected chi connectivity index (χ0v) is 14.6. The van der Waals surface area contributed by atoms with Gasteiger partial charge in [-0.25, -0.2) is 4.68 Å². The van der Waals surface area contributed by atoms with Gasteiger partial charge < -0.3 is 10.4 Å². The summed E-state index contributed by atoms with van der Waals surface area (Å²) in [6.07, 6.45) is 1.68. The number of carbonyl (C=O) groups is 1. The third-order valence-electron chi connectivity index (χ3n) is 4.09. The van der Waals surface area contributed by atoms with Crippen LogP contribution in [-0.2, 0) is 0 Å². The van der Waals surface area contributed by atoms with Gasteiger partial charge in [0.05, 0.1) is 22.5 Å². The minimum atomic E-state index is -0.949. The lowest BCUT2D eigenvalue weighted by Gasteiger charge is -2.27. The summed E-state index contributed by atoms with van der Waals surface area (Å²) in [7, 11) is 0. The molecule has 2 aromatic rings. The number of nitrogens with one attached hydrogen (secondary N) is 1. The summed E-state index contributed by atoms with van der Waals surface area (Å²) in [6.45, 7) is 7.50. The molecule has 1 aromatic carbocycles. The number of nitrogens with zero attached hydrogens (tertiary/aromatic N) is 2. The highest BCUT2D eigenvalue weighted by atomic mass is 35.5. The number of halogens is 1. The van der Waals surface area contributed by atoms with Gasteiger partial charge in [-0.05, 0) is 44.0 Å². The normalized spacial score (nSPS) is 13.9. The fourth-order valence-electron chi connectivity index (χ4n) is 1.97. The monoisotopic (exact) mass is 335 g/mol. The molecule has 0 bridgehead atoms. The number of amides is 1. The van der Waals surface area contributed by atoms with E-state index < -0.39 is 5.60 Å². The Balaban J connectivity index is 2.14. The van der Waals surface area contributed by atoms with Gasteiger partial charge in [0.2, 0.25) is 0 Å². The number of hydrogen-bond acceptors (Lipinski definition) is 3. The number of aromatic nitrogens is 2. The maximum atomic E-state index is 12.3. The number of aryl methyl sites for hydroxylation is 1. The zero-order chi connectivity index (χ0) is 17.2. The summed E-state index contributed by atoms with van der Waals surface area (Å²) in [6, 6.07) is 7.21. The molecule has 0 fully saturated rings. The van der Waals surface area contributed by atoms with Crippen LogP contribution in [0.3, 0.4) is 0 Å². The minimum Gasteiger partial charge on any atom is -0.388 e. The molecule has 0 aliphatic rings. The van der Waals surface area contributed by atoms with E-state index >= 15 is 0 Å². The highest BCUT2D eigenvalue weighted by molar-refractivity contribution is 6.30. The molecule has 1 atom stereocenters. The van der Waals surface area contributed by atoms with Crippen LogP contribution in [-0.4, -0.2) is 32.9 Å². The average Bonchev–Trinajstić information content (AvgIpc) is 2.87. The van der Waals surface area contributed by atoms with Crippen LogP contribution in [0.5, 0.6) is 0 Å². The van der Waals surface area contributed by atoms with Crippen LogP contribution >= 0.6 is 11.6 Å². The summed E-state index contributed by atoms with van der Waals surface area (Å²) in [5.41, 5.74) is 0.988. The minimum absolute atomic E-state index is 0.0423. The fourth-order valence-corrected chi connectivity index (χ4v) is 2.09. The van der Waals surface area contributed by atoms with Crippen molar-refractivity contribution in [2.24, 2.45) is 5.92 Å². The zero-order valence-electron chi connectivity index (χ0n) is 13.8. The number of rotatable bonds is 5. The van der Waals surface area contributed by atoms with Crippen molar-refractivity contribution >= 4 is 17.5 Å². The quantitative estimate of drug-likeness (QED) is 0.882. The Morgan fingerprint density at radius 1 is 1.39 bits per heavy atom. The molecule has 6 heteroatoms. The van der Waals surface area contributed by atoms with E-state index in [2.05, 4.69) is 10.4 Å². The summed E-state index contributed by atoms with van der Waals surface area (Å²) in [5.74, 6) is -0.204. The van der Waals surface area contributed by atoms with E-state index in [1.807, 2.05) is 26.0 Å². The van der Waals surface area contributed by atoms with Gasteiger partial charge in [-0.2, -0.15) is 5.10 Å². The molecule has 5 nitrogen and oxygen atoms in total. The van der Waals surface area contributed by atoms with Gasteiger partial charge in [-0.1, -0.05) is 25.4 Å². The van der Waals surface area contributed by atoms with Crippen LogP contribution in [0.4, 0.5) is 0 Å². The van der Waals surface area contributed by atoms with Gasteiger partial charge in [-0.15, -0.1) is 0 Å². The SMILES string of the molecule is Cc1nn(-c2ccc(Cl)cc2)cc1C(=O)NCC(C)(O)C(C)C. The first-order chi connectivity index (χ1) is 10.7. The summed E-state index contributed by atoms with van der Waals surface area (Å²) >= 11 is 5.88. The van der Waals surface area contributed by atoms with Crippen molar-refractivity contribution in [3.05, 3.63) is 46.7 Å². The molecule has 2 rings (SSSR count). The average molecular weight is 336 g/mol. The fraction of sp³-hybridized carbons (Fsp3) is 0.412. The van der Waals surface area contributed by atoms with Gasteiger partial charge in [0.1, 0.15) is 0 Å². The lowest BCUT2D eigenvalue weighted by Crippen LogP contribution is -2.44. The second-order valence-electron chi connectivity index (χ2n) is 6.24. The van der Waals surface area contributed by atoms with Crippen LogP contribution in [0.15, 0.2) is 30.5 Å². The third kappa shape index (κ3) is 4.12. The highest BCUT2D eigenvalue weighted by Crippen LogP contribution is 2.17. The molecule has 124 valence electrons. The van der Waals surface area contributed by atoms with Crippen molar-refractivity contribution in [2.75, 3.05) is 6.54 Å². The van der Waals surface area contributed by atoms with Gasteiger partial charge in [-0.3, -0.25) is 4.79 Å². The van der Waals surface area contributed by atoms with Crippen molar-refractivity contribution in [3.8, 4) is 5.69 Å². The molecule has 0 aliphatic heterocycles. The van der Waals surface area contributed by atoms with E-state index in [9.17, 15) is 9.90 Å². The summed E-state index contributed by atoms with van der Waals surface area (Å²) < 4.78 is 1.64. The largest absolute Gasteiger partial charge is 0.388 e. The first-order valence-electron chi connectivity index (χ1n) is 7.53. The molecule has 0 aliphatic carbocycles. The van der Waals surface area contributed by atoms with E-state index in [0.717, 1.165) is 5.69 Å². The molecule has 1 heterocycles. The van der Waals surface area contributed by atoms with E-state index in [1.54, 1.807) is 36.9 Å². The van der Waals surface area contributed by atoms with Crippen LogP contribution < -0.4 is 5.32 Å². The second-order valence-corrected chi connectivity index (χ2v) is 6.68. The Morgan fingerprint density at radius 3 is 2.57 bits per heavy atom. The highest BCUT2D eigenvalue weighted by Gasteiger charge is 2.26. The standard InChI is InChI=1S/C17H22ClN3O2/c1-11(2)17(4,23)10-19-16(22)15-9-21(20-12(15)3)14-7-5-13(18)6-8-14/h5-9,11,23H,10H2,1-4H3,(H,19,22). The van der Waals surface area contributed by atoms with Gasteiger partial charge in [0, 0.05) is 17.8 Å². The maximum Gasteiger partial charge on any atom is 0.254 e. The Bertz CT molecular complexity index is 690. The van der Waals surface area contributed by atoms with Crippen molar-refractivity contribution in [1.29, 1.82) is 0 Å². The van der Waals surface area contributed by atoms with E-state index in [4.69, 9.17) is 11.6 Å². The number of aliphatic hydroxyl groups is 1. The molecule has 23 heavy (non-hydrogen) atoms. The van der Waals surface area contributed by atoms with Gasteiger partial charge in [0.15, 0.2) is 0 Å². The Labute approximate surface area is 141 Å². The topological polar surface area (TPSA) is 67.2 Å². The predicted octanol–water partition coefficient (Wildman–Crippen LogP) is 2.97. The van der Waals surface area contributed by atoms with Crippen molar-refractivity contribution in [3.63, 3.8) is 0 Å². The van der Waals surface area contributed by atoms with Gasteiger partial charge in [0.25, 0.3) is 5.91 Å². The van der Waals surface area contributed by atoms with Crippen LogP contribution in [0.25, 0.3) is 5.69 Å². The number of hydrogen-bond donors (Lipinski definition) is 2. The first-order valence-corrected chi connectivity index (χ1v) is 7.91. The molecule has 2 N–H and O–H groups in total. The Kier molecular flexibility index (Phi) is 5.12. The molecule has 1 amide bonds. The third-order valence-corrected chi connectivity index (χ3v) is 4.34. The maximum absolute atomic E-state index is 12.3. The van der Waals surface area contributed by atoms with Crippen LogP contribution in [0, 0.1) is 12.8 Å². The van der Waals surface area contributed by atoms with Crippen molar-refractivity contribution in [2.45, 2.75) is 33.3 Å². The van der Waals surface area contributed by atoms with Crippen LogP contribution in [0.1, 0.15) is 36.8 Å². The summed E-state index contributed by atoms with van der Waals surface area (Å²) in [4.78, 5) is 12.3. The molecule has 0 saturated carbocycles. The molecular formula is C17H22ClN3O2. The van der Waals surface area contributed by atoms with E-state index in [-0.39, 0.29) is 18.4 Å². The molecule has 0 saturated heterocycles. The first kappa shape index (κ1) is 17.5. The lowest BCUT2D eigenvalue weighted by molar-refractivity contribution is 0.0142. The van der Waals surface area contributed by atoms with Crippen LogP contribution in [0.2, 0.25) is 5.02 Å². The number of benzene rings is 1. The van der Waals surface area contributed by atoms with Gasteiger partial charge >= 0.3 is 0 Å². The smallest absolute Gasteiger partial charge is 0.254 e. The number of carbonyl (C=O) groups excluding carboxylic acids is 1. The Hall–Kier alpha value is -1.85. The lowest BCUT2D eigenvalue weighted by atomic mass is 9.92. The second kappa shape index (κ2) is 6.72. The van der Waals surface area contributed by atoms with E-state index in [0.29, 0.717) is 16.3 Å². The molecule has 1 unspecified atom stereocenters. The molecule has 1 aromatic heterocycles. The predicted molar refractivity (Wildman–Crippen MR) is 91.1 cm³/mol. The molecular weight excluding hydrogens is 314 g/mol. The van der Waals surface area contributed by atoms with E-state index in [1.165, 1.54) is 0 Å². The Morgan fingerprint density at radius 2 is 2.00 bits per heavy atom. The van der Waals surface area contributed by atoms with Crippen molar-refractivity contribution < 1.29 is 9.90 Å². The molecule has 0 radical (unpaired) electrons.